The minimum atomic E-state index is 0.379. The van der Waals surface area contributed by atoms with Gasteiger partial charge >= 0.3 is 0 Å². The van der Waals surface area contributed by atoms with Crippen LogP contribution in [0.2, 0.25) is 0 Å². The maximum absolute atomic E-state index is 5.91. The van der Waals surface area contributed by atoms with Gasteiger partial charge in [0.25, 0.3) is 0 Å². The van der Waals surface area contributed by atoms with Crippen molar-refractivity contribution in [3.8, 4) is 0 Å². The monoisotopic (exact) mass is 343 g/mol. The second kappa shape index (κ2) is 7.80. The molecule has 0 aromatic heterocycles. The molecule has 1 aliphatic carbocycles. The van der Waals surface area contributed by atoms with Crippen molar-refractivity contribution in [1.29, 1.82) is 0 Å². The minimum absolute atomic E-state index is 0.379. The van der Waals surface area contributed by atoms with Crippen LogP contribution in [0.1, 0.15) is 77.3 Å². The third-order valence-corrected chi connectivity index (χ3v) is 6.46. The van der Waals surface area contributed by atoms with Gasteiger partial charge in [-0.2, -0.15) is 0 Å². The fourth-order valence-corrected chi connectivity index (χ4v) is 4.69. The van der Waals surface area contributed by atoms with Crippen molar-refractivity contribution < 1.29 is 4.74 Å². The Morgan fingerprint density at radius 1 is 1.04 bits per heavy atom. The lowest BCUT2D eigenvalue weighted by Crippen LogP contribution is -2.49. The highest BCUT2D eigenvalue weighted by molar-refractivity contribution is 5.27. The Morgan fingerprint density at radius 2 is 1.68 bits per heavy atom. The van der Waals surface area contributed by atoms with E-state index < -0.39 is 0 Å². The van der Waals surface area contributed by atoms with E-state index in [2.05, 4.69) is 63.8 Å². The van der Waals surface area contributed by atoms with Crippen LogP contribution in [0, 0.1) is 5.41 Å². The highest BCUT2D eigenvalue weighted by atomic mass is 16.5. The summed E-state index contributed by atoms with van der Waals surface area (Å²) < 4.78 is 5.91. The number of benzene rings is 1. The summed E-state index contributed by atoms with van der Waals surface area (Å²) in [6.45, 7) is 13.7. The van der Waals surface area contributed by atoms with Gasteiger partial charge < -0.3 is 4.74 Å². The Hall–Kier alpha value is -0.860. The fourth-order valence-electron chi connectivity index (χ4n) is 4.69. The van der Waals surface area contributed by atoms with Crippen LogP contribution >= 0.6 is 0 Å². The predicted octanol–water partition coefficient (Wildman–Crippen LogP) is 5.41. The van der Waals surface area contributed by atoms with Gasteiger partial charge in [0.05, 0.1) is 12.2 Å². The molecule has 0 unspecified atom stereocenters. The van der Waals surface area contributed by atoms with E-state index in [0.717, 1.165) is 25.0 Å². The number of nitrogens with zero attached hydrogens (tertiary/aromatic N) is 1. The SMILES string of the molecule is CCC(C)(C)Cc1ccc([C@H]2CC[C@@H](N3C[C@@H](C)O[C@@H](C)C3)C2)cc1. The van der Waals surface area contributed by atoms with Crippen molar-refractivity contribution in [2.45, 2.75) is 90.9 Å². The first-order chi connectivity index (χ1) is 11.9. The average molecular weight is 344 g/mol. The maximum atomic E-state index is 5.91. The number of rotatable bonds is 5. The third-order valence-electron chi connectivity index (χ3n) is 6.46. The number of hydrogen-bond donors (Lipinski definition) is 0. The summed E-state index contributed by atoms with van der Waals surface area (Å²) in [5, 5.41) is 0. The summed E-state index contributed by atoms with van der Waals surface area (Å²) in [5.74, 6) is 0.742. The summed E-state index contributed by atoms with van der Waals surface area (Å²) in [7, 11) is 0. The standard InChI is InChI=1S/C23H37NO/c1-6-23(4,5)14-19-7-9-20(10-8-19)21-11-12-22(13-21)24-15-17(2)25-18(3)16-24/h7-10,17-18,21-22H,6,11-16H2,1-5H3/t17-,18+,21-,22+/m0/s1. The van der Waals surface area contributed by atoms with Crippen LogP contribution in [-0.2, 0) is 11.2 Å². The van der Waals surface area contributed by atoms with Gasteiger partial charge in [0.1, 0.15) is 0 Å². The quantitative estimate of drug-likeness (QED) is 0.708. The molecule has 1 aromatic rings. The van der Waals surface area contributed by atoms with E-state index in [-0.39, 0.29) is 0 Å². The molecule has 4 atom stereocenters. The molecule has 1 aliphatic heterocycles. The highest BCUT2D eigenvalue weighted by Crippen LogP contribution is 2.38. The molecule has 0 spiro atoms. The Morgan fingerprint density at radius 3 is 2.28 bits per heavy atom. The Kier molecular flexibility index (Phi) is 5.90. The molecular weight excluding hydrogens is 306 g/mol. The Bertz CT molecular complexity index is 540. The first-order valence-electron chi connectivity index (χ1n) is 10.3. The van der Waals surface area contributed by atoms with Crippen molar-refractivity contribution in [2.75, 3.05) is 13.1 Å². The zero-order valence-electron chi connectivity index (χ0n) is 16.9. The van der Waals surface area contributed by atoms with E-state index in [1.807, 2.05) is 0 Å². The molecule has 2 nitrogen and oxygen atoms in total. The first kappa shape index (κ1) is 18.9. The van der Waals surface area contributed by atoms with E-state index in [0.29, 0.717) is 17.6 Å². The molecule has 1 aromatic carbocycles. The van der Waals surface area contributed by atoms with Gasteiger partial charge in [0.2, 0.25) is 0 Å². The molecule has 0 N–H and O–H groups in total. The Balaban J connectivity index is 1.58. The highest BCUT2D eigenvalue weighted by Gasteiger charge is 2.33. The molecular formula is C23H37NO. The lowest BCUT2D eigenvalue weighted by Gasteiger charge is -2.39. The van der Waals surface area contributed by atoms with Gasteiger partial charge in [0, 0.05) is 19.1 Å². The molecule has 1 saturated heterocycles. The van der Waals surface area contributed by atoms with Crippen molar-refractivity contribution in [3.05, 3.63) is 35.4 Å². The maximum Gasteiger partial charge on any atom is 0.0678 e. The van der Waals surface area contributed by atoms with Gasteiger partial charge in [-0.3, -0.25) is 4.90 Å². The van der Waals surface area contributed by atoms with Crippen molar-refractivity contribution >= 4 is 0 Å². The van der Waals surface area contributed by atoms with E-state index in [1.165, 1.54) is 37.7 Å². The zero-order valence-corrected chi connectivity index (χ0v) is 16.9. The number of ether oxygens (including phenoxy) is 1. The molecule has 2 fully saturated rings. The minimum Gasteiger partial charge on any atom is -0.373 e. The second-order valence-corrected chi connectivity index (χ2v) is 9.31. The molecule has 2 aliphatic rings. The van der Waals surface area contributed by atoms with Crippen molar-refractivity contribution in [1.82, 2.24) is 4.90 Å². The molecule has 1 heterocycles. The molecule has 1 saturated carbocycles. The summed E-state index contributed by atoms with van der Waals surface area (Å²) in [4.78, 5) is 2.69. The largest absolute Gasteiger partial charge is 0.373 e. The number of hydrogen-bond acceptors (Lipinski definition) is 2. The smallest absolute Gasteiger partial charge is 0.0678 e. The first-order valence-corrected chi connectivity index (χ1v) is 10.3. The van der Waals surface area contributed by atoms with E-state index in [4.69, 9.17) is 4.74 Å². The van der Waals surface area contributed by atoms with Crippen LogP contribution in [0.5, 0.6) is 0 Å². The van der Waals surface area contributed by atoms with Gasteiger partial charge in [-0.25, -0.2) is 0 Å². The van der Waals surface area contributed by atoms with Gasteiger partial charge in [-0.1, -0.05) is 51.5 Å². The van der Waals surface area contributed by atoms with Crippen LogP contribution in [-0.4, -0.2) is 36.2 Å². The van der Waals surface area contributed by atoms with Crippen molar-refractivity contribution in [2.24, 2.45) is 5.41 Å². The zero-order chi connectivity index (χ0) is 18.0. The van der Waals surface area contributed by atoms with Crippen LogP contribution in [0.3, 0.4) is 0 Å². The van der Waals surface area contributed by atoms with Crippen LogP contribution in [0.25, 0.3) is 0 Å². The molecule has 25 heavy (non-hydrogen) atoms. The van der Waals surface area contributed by atoms with Gasteiger partial charge in [0.15, 0.2) is 0 Å². The predicted molar refractivity (Wildman–Crippen MR) is 106 cm³/mol. The van der Waals surface area contributed by atoms with E-state index in [1.54, 1.807) is 5.56 Å². The fraction of sp³-hybridized carbons (Fsp3) is 0.739. The van der Waals surface area contributed by atoms with Crippen LogP contribution in [0.4, 0.5) is 0 Å². The number of morpholine rings is 1. The molecule has 0 radical (unpaired) electrons. The third kappa shape index (κ3) is 4.86. The lowest BCUT2D eigenvalue weighted by molar-refractivity contribution is -0.0796. The topological polar surface area (TPSA) is 12.5 Å². The normalized spacial score (nSPS) is 31.4. The van der Waals surface area contributed by atoms with Crippen molar-refractivity contribution in [3.63, 3.8) is 0 Å². The summed E-state index contributed by atoms with van der Waals surface area (Å²) >= 11 is 0. The molecule has 3 rings (SSSR count). The van der Waals surface area contributed by atoms with E-state index in [9.17, 15) is 0 Å². The second-order valence-electron chi connectivity index (χ2n) is 9.31. The summed E-state index contributed by atoms with van der Waals surface area (Å²) in [6, 6.07) is 10.3. The van der Waals surface area contributed by atoms with E-state index >= 15 is 0 Å². The molecule has 0 amide bonds. The van der Waals surface area contributed by atoms with Crippen LogP contribution < -0.4 is 0 Å². The summed E-state index contributed by atoms with van der Waals surface area (Å²) in [5.41, 5.74) is 3.44. The average Bonchev–Trinajstić information content (AvgIpc) is 3.04. The molecule has 0 bridgehead atoms. The Labute approximate surface area is 154 Å². The van der Waals surface area contributed by atoms with Crippen LogP contribution in [0.15, 0.2) is 24.3 Å². The van der Waals surface area contributed by atoms with Gasteiger partial charge in [-0.05, 0) is 62.0 Å². The summed E-state index contributed by atoms with van der Waals surface area (Å²) in [6.07, 6.45) is 7.17. The molecule has 140 valence electrons. The lowest BCUT2D eigenvalue weighted by atomic mass is 9.83. The van der Waals surface area contributed by atoms with Gasteiger partial charge in [-0.15, -0.1) is 0 Å². The molecule has 2 heteroatoms.